The van der Waals surface area contributed by atoms with Gasteiger partial charge in [-0.1, -0.05) is 47.5 Å². The van der Waals surface area contributed by atoms with Gasteiger partial charge >= 0.3 is 0 Å². The first-order valence-corrected chi connectivity index (χ1v) is 10.9. The van der Waals surface area contributed by atoms with E-state index in [4.69, 9.17) is 28.3 Å². The molecule has 8 heteroatoms. The first-order chi connectivity index (χ1) is 14.4. The third-order valence-electron chi connectivity index (χ3n) is 4.58. The highest BCUT2D eigenvalue weighted by molar-refractivity contribution is 7.14. The second kappa shape index (κ2) is 10.2. The Morgan fingerprint density at radius 2 is 1.73 bits per heavy atom. The highest BCUT2D eigenvalue weighted by Gasteiger charge is 2.18. The second-order valence-electron chi connectivity index (χ2n) is 6.72. The van der Waals surface area contributed by atoms with Gasteiger partial charge in [0.05, 0.1) is 28.2 Å². The van der Waals surface area contributed by atoms with Crippen molar-refractivity contribution in [2.45, 2.75) is 19.9 Å². The number of halogens is 2. The molecule has 1 N–H and O–H groups in total. The molecule has 3 rings (SSSR count). The number of likely N-dealkylation sites (N-methyl/N-ethyl adjacent to an activating group) is 1. The van der Waals surface area contributed by atoms with Crippen LogP contribution in [-0.2, 0) is 4.79 Å². The smallest absolute Gasteiger partial charge is 0.229 e. The Kier molecular flexibility index (Phi) is 7.61. The Morgan fingerprint density at radius 3 is 2.23 bits per heavy atom. The molecule has 1 aromatic heterocycles. The third-order valence-corrected chi connectivity index (χ3v) is 6.16. The summed E-state index contributed by atoms with van der Waals surface area (Å²) in [5.74, 6) is 0. The summed E-state index contributed by atoms with van der Waals surface area (Å²) in [6, 6.07) is 14.8. The molecule has 0 bridgehead atoms. The van der Waals surface area contributed by atoms with Crippen molar-refractivity contribution in [1.29, 1.82) is 0 Å². The van der Waals surface area contributed by atoms with Crippen LogP contribution >= 0.6 is 34.5 Å². The molecule has 2 aromatic carbocycles. The van der Waals surface area contributed by atoms with E-state index >= 15 is 0 Å². The standard InChI is InChI=1S/C22H22Cl2N4OS/c1-14-22(30-15(2)26-14)21(17-6-10-19(24)11-7-17)27-28(13-29)12-20(25-3)16-4-8-18(23)9-5-16/h4-11,13,20,25H,12H2,1-3H3/b27-21-. The third kappa shape index (κ3) is 5.46. The van der Waals surface area contributed by atoms with Gasteiger partial charge in [0.2, 0.25) is 6.41 Å². The number of nitrogens with one attached hydrogen (secondary N) is 1. The highest BCUT2D eigenvalue weighted by atomic mass is 35.5. The average molecular weight is 461 g/mol. The molecule has 1 atom stereocenters. The fraction of sp³-hybridized carbons (Fsp3) is 0.227. The van der Waals surface area contributed by atoms with E-state index in [1.54, 1.807) is 11.3 Å². The summed E-state index contributed by atoms with van der Waals surface area (Å²) >= 11 is 13.6. The van der Waals surface area contributed by atoms with Crippen molar-refractivity contribution in [2.75, 3.05) is 13.6 Å². The number of hydrazone groups is 1. The number of carbonyl (C=O) groups excluding carboxylic acids is 1. The molecule has 0 aliphatic rings. The second-order valence-corrected chi connectivity index (χ2v) is 8.80. The molecular weight excluding hydrogens is 439 g/mol. The van der Waals surface area contributed by atoms with Crippen molar-refractivity contribution >= 4 is 46.7 Å². The molecule has 1 unspecified atom stereocenters. The molecule has 5 nitrogen and oxygen atoms in total. The van der Waals surface area contributed by atoms with Gasteiger partial charge in [0, 0.05) is 15.6 Å². The number of aromatic nitrogens is 1. The van der Waals surface area contributed by atoms with Crippen molar-refractivity contribution in [3.63, 3.8) is 0 Å². The molecule has 0 aliphatic carbocycles. The maximum absolute atomic E-state index is 11.9. The van der Waals surface area contributed by atoms with E-state index in [-0.39, 0.29) is 6.04 Å². The monoisotopic (exact) mass is 460 g/mol. The van der Waals surface area contributed by atoms with Crippen LogP contribution < -0.4 is 5.32 Å². The van der Waals surface area contributed by atoms with Crippen LogP contribution in [0, 0.1) is 13.8 Å². The van der Waals surface area contributed by atoms with Crippen LogP contribution in [0.4, 0.5) is 0 Å². The van der Waals surface area contributed by atoms with Crippen LogP contribution in [0.5, 0.6) is 0 Å². The lowest BCUT2D eigenvalue weighted by atomic mass is 10.1. The number of aryl methyl sites for hydroxylation is 2. The molecule has 3 aromatic rings. The van der Waals surface area contributed by atoms with Crippen molar-refractivity contribution in [3.8, 4) is 0 Å². The quantitative estimate of drug-likeness (QED) is 0.284. The van der Waals surface area contributed by atoms with Crippen molar-refractivity contribution in [2.24, 2.45) is 5.10 Å². The van der Waals surface area contributed by atoms with E-state index in [1.165, 1.54) is 5.01 Å². The molecule has 0 radical (unpaired) electrons. The van der Waals surface area contributed by atoms with Crippen molar-refractivity contribution < 1.29 is 4.79 Å². The Labute approximate surface area is 190 Å². The predicted octanol–water partition coefficient (Wildman–Crippen LogP) is 5.24. The van der Waals surface area contributed by atoms with Gasteiger partial charge in [-0.05, 0) is 50.7 Å². The summed E-state index contributed by atoms with van der Waals surface area (Å²) in [5.41, 5.74) is 3.44. The van der Waals surface area contributed by atoms with Gasteiger partial charge in [-0.25, -0.2) is 9.99 Å². The molecular formula is C22H22Cl2N4OS. The molecule has 0 saturated heterocycles. The first kappa shape index (κ1) is 22.4. The molecule has 0 fully saturated rings. The lowest BCUT2D eigenvalue weighted by Gasteiger charge is -2.22. The van der Waals surface area contributed by atoms with Gasteiger partial charge in [0.15, 0.2) is 0 Å². The van der Waals surface area contributed by atoms with Gasteiger partial charge in [-0.2, -0.15) is 5.10 Å². The summed E-state index contributed by atoms with van der Waals surface area (Å²) in [6.07, 6.45) is 0.736. The zero-order valence-electron chi connectivity index (χ0n) is 16.9. The maximum atomic E-state index is 11.9. The van der Waals surface area contributed by atoms with Crippen LogP contribution in [0.25, 0.3) is 0 Å². The first-order valence-electron chi connectivity index (χ1n) is 9.35. The summed E-state index contributed by atoms with van der Waals surface area (Å²) in [6.45, 7) is 4.25. The highest BCUT2D eigenvalue weighted by Crippen LogP contribution is 2.24. The minimum Gasteiger partial charge on any atom is -0.311 e. The van der Waals surface area contributed by atoms with Crippen LogP contribution in [0.1, 0.15) is 32.7 Å². The van der Waals surface area contributed by atoms with Crippen molar-refractivity contribution in [3.05, 3.63) is 85.3 Å². The normalized spacial score (nSPS) is 12.6. The van der Waals surface area contributed by atoms with Gasteiger partial charge < -0.3 is 5.32 Å². The van der Waals surface area contributed by atoms with E-state index in [0.29, 0.717) is 22.3 Å². The van der Waals surface area contributed by atoms with Crippen LogP contribution in [-0.4, -0.2) is 35.7 Å². The number of hydrogen-bond donors (Lipinski definition) is 1. The van der Waals surface area contributed by atoms with E-state index in [0.717, 1.165) is 33.1 Å². The van der Waals surface area contributed by atoms with Crippen molar-refractivity contribution in [1.82, 2.24) is 15.3 Å². The van der Waals surface area contributed by atoms with Gasteiger partial charge in [-0.3, -0.25) is 4.79 Å². The SMILES string of the molecule is CNC(CN(C=O)/N=C(/c1ccc(Cl)cc1)c1sc(C)nc1C)c1ccc(Cl)cc1. The van der Waals surface area contributed by atoms with Gasteiger partial charge in [0.25, 0.3) is 0 Å². The molecule has 1 amide bonds. The zero-order chi connectivity index (χ0) is 21.7. The van der Waals surface area contributed by atoms with Gasteiger partial charge in [-0.15, -0.1) is 11.3 Å². The Morgan fingerprint density at radius 1 is 1.13 bits per heavy atom. The number of nitrogens with zero attached hydrogens (tertiary/aromatic N) is 3. The van der Waals surface area contributed by atoms with Gasteiger partial charge in [0.1, 0.15) is 5.71 Å². The zero-order valence-corrected chi connectivity index (χ0v) is 19.2. The topological polar surface area (TPSA) is 57.6 Å². The Bertz CT molecular complexity index is 1030. The molecule has 0 saturated carbocycles. The maximum Gasteiger partial charge on any atom is 0.229 e. The number of amides is 1. The number of rotatable bonds is 8. The predicted molar refractivity (Wildman–Crippen MR) is 125 cm³/mol. The lowest BCUT2D eigenvalue weighted by molar-refractivity contribution is -0.118. The summed E-state index contributed by atoms with van der Waals surface area (Å²) in [7, 11) is 1.85. The van der Waals surface area contributed by atoms with E-state index in [1.807, 2.05) is 69.4 Å². The number of carbonyl (C=O) groups is 1. The molecule has 0 aliphatic heterocycles. The molecule has 30 heavy (non-hydrogen) atoms. The number of hydrogen-bond acceptors (Lipinski definition) is 5. The lowest BCUT2D eigenvalue weighted by Crippen LogP contribution is -2.31. The fourth-order valence-corrected chi connectivity index (χ4v) is 4.25. The largest absolute Gasteiger partial charge is 0.311 e. The fourth-order valence-electron chi connectivity index (χ4n) is 3.07. The Balaban J connectivity index is 1.98. The summed E-state index contributed by atoms with van der Waals surface area (Å²) in [4.78, 5) is 17.4. The molecule has 1 heterocycles. The van der Waals surface area contributed by atoms with E-state index in [2.05, 4.69) is 10.3 Å². The van der Waals surface area contributed by atoms with E-state index < -0.39 is 0 Å². The minimum atomic E-state index is -0.105. The van der Waals surface area contributed by atoms with E-state index in [9.17, 15) is 4.79 Å². The van der Waals surface area contributed by atoms with Crippen LogP contribution in [0.2, 0.25) is 10.0 Å². The number of benzene rings is 2. The summed E-state index contributed by atoms with van der Waals surface area (Å²) in [5, 5.41) is 11.6. The number of thiazole rings is 1. The average Bonchev–Trinajstić information content (AvgIpc) is 3.08. The summed E-state index contributed by atoms with van der Waals surface area (Å²) < 4.78 is 0. The minimum absolute atomic E-state index is 0.105. The molecule has 0 spiro atoms. The van der Waals surface area contributed by atoms with Crippen LogP contribution in [0.3, 0.4) is 0 Å². The molecule has 156 valence electrons. The Hall–Kier alpha value is -2.25. The van der Waals surface area contributed by atoms with Crippen LogP contribution in [0.15, 0.2) is 53.6 Å².